The Morgan fingerprint density at radius 3 is 2.46 bits per heavy atom. The molecule has 1 saturated heterocycles. The van der Waals surface area contributed by atoms with Crippen molar-refractivity contribution < 1.29 is 18.0 Å². The summed E-state index contributed by atoms with van der Waals surface area (Å²) in [6.07, 6.45) is -0.424. The van der Waals surface area contributed by atoms with Gasteiger partial charge in [0.1, 0.15) is 5.69 Å². The molecular formula is C18H21ClF3N3O. The van der Waals surface area contributed by atoms with Crippen molar-refractivity contribution in [2.75, 3.05) is 0 Å². The van der Waals surface area contributed by atoms with Crippen LogP contribution in [0.3, 0.4) is 0 Å². The van der Waals surface area contributed by atoms with E-state index in [1.807, 2.05) is 20.8 Å². The summed E-state index contributed by atoms with van der Waals surface area (Å²) in [5, 5.41) is -0.117. The van der Waals surface area contributed by atoms with Gasteiger partial charge in [-0.3, -0.25) is 9.20 Å². The molecule has 0 spiro atoms. The number of fused-ring (bicyclic) bond motifs is 1. The lowest BCUT2D eigenvalue weighted by molar-refractivity contribution is -0.137. The van der Waals surface area contributed by atoms with Crippen LogP contribution in [-0.4, -0.2) is 32.3 Å². The number of piperidine rings is 1. The molecule has 1 fully saturated rings. The SMILES string of the molecule is CCc1nc2c(Cl)cc(C(F)(F)F)cn2c1C(=O)N1C(C)CCCC1C. The van der Waals surface area contributed by atoms with Gasteiger partial charge >= 0.3 is 6.18 Å². The third-order valence-electron chi connectivity index (χ3n) is 5.04. The van der Waals surface area contributed by atoms with Crippen molar-refractivity contribution in [2.45, 2.75) is 64.7 Å². The van der Waals surface area contributed by atoms with E-state index in [2.05, 4.69) is 4.98 Å². The van der Waals surface area contributed by atoms with Crippen LogP contribution in [0, 0.1) is 0 Å². The number of carbonyl (C=O) groups is 1. The van der Waals surface area contributed by atoms with Gasteiger partial charge in [-0.1, -0.05) is 18.5 Å². The lowest BCUT2D eigenvalue weighted by Crippen LogP contribution is -2.48. The quantitative estimate of drug-likeness (QED) is 0.729. The average Bonchev–Trinajstić information content (AvgIpc) is 2.93. The molecule has 142 valence electrons. The molecule has 1 amide bonds. The minimum Gasteiger partial charge on any atom is -0.332 e. The Balaban J connectivity index is 2.20. The number of amides is 1. The molecular weight excluding hydrogens is 367 g/mol. The number of nitrogens with zero attached hydrogens (tertiary/aromatic N) is 3. The molecule has 2 aromatic rings. The minimum atomic E-state index is -4.56. The van der Waals surface area contributed by atoms with Crippen LogP contribution in [0.2, 0.25) is 5.02 Å². The lowest BCUT2D eigenvalue weighted by atomic mass is 9.97. The van der Waals surface area contributed by atoms with E-state index in [0.29, 0.717) is 12.1 Å². The Morgan fingerprint density at radius 2 is 1.92 bits per heavy atom. The van der Waals surface area contributed by atoms with Crippen LogP contribution >= 0.6 is 11.6 Å². The van der Waals surface area contributed by atoms with Crippen molar-refractivity contribution in [2.24, 2.45) is 0 Å². The molecule has 0 N–H and O–H groups in total. The van der Waals surface area contributed by atoms with Crippen molar-refractivity contribution in [1.29, 1.82) is 0 Å². The normalized spacial score (nSPS) is 21.4. The minimum absolute atomic E-state index is 0.0303. The molecule has 4 nitrogen and oxygen atoms in total. The summed E-state index contributed by atoms with van der Waals surface area (Å²) in [5.41, 5.74) is -0.0849. The maximum Gasteiger partial charge on any atom is 0.417 e. The summed E-state index contributed by atoms with van der Waals surface area (Å²) < 4.78 is 40.8. The van der Waals surface area contributed by atoms with Crippen LogP contribution in [0.5, 0.6) is 0 Å². The first-order valence-corrected chi connectivity index (χ1v) is 9.13. The van der Waals surface area contributed by atoms with E-state index in [9.17, 15) is 18.0 Å². The van der Waals surface area contributed by atoms with Gasteiger partial charge in [0.05, 0.1) is 16.3 Å². The van der Waals surface area contributed by atoms with Crippen LogP contribution in [0.4, 0.5) is 13.2 Å². The zero-order valence-corrected chi connectivity index (χ0v) is 15.7. The highest BCUT2D eigenvalue weighted by atomic mass is 35.5. The van der Waals surface area contributed by atoms with E-state index in [0.717, 1.165) is 31.5 Å². The average molecular weight is 388 g/mol. The standard InChI is InChI=1S/C18H21ClF3N3O/c1-4-14-15(17(26)25-10(2)6-5-7-11(25)3)24-9-12(18(20,21)22)8-13(19)16(24)23-14/h8-11H,4-7H2,1-3H3. The molecule has 0 aliphatic carbocycles. The number of hydrogen-bond donors (Lipinski definition) is 0. The fraction of sp³-hybridized carbons (Fsp3) is 0.556. The van der Waals surface area contributed by atoms with Crippen LogP contribution in [-0.2, 0) is 12.6 Å². The second-order valence-corrected chi connectivity index (χ2v) is 7.28. The second-order valence-electron chi connectivity index (χ2n) is 6.87. The van der Waals surface area contributed by atoms with Crippen LogP contribution in [0.1, 0.15) is 61.8 Å². The largest absolute Gasteiger partial charge is 0.417 e. The molecule has 3 heterocycles. The van der Waals surface area contributed by atoms with Gasteiger partial charge in [-0.15, -0.1) is 0 Å². The molecule has 2 unspecified atom stereocenters. The molecule has 0 radical (unpaired) electrons. The van der Waals surface area contributed by atoms with Crippen molar-refractivity contribution in [1.82, 2.24) is 14.3 Å². The second kappa shape index (κ2) is 6.76. The molecule has 0 bridgehead atoms. The van der Waals surface area contributed by atoms with Gasteiger partial charge in [0.15, 0.2) is 5.65 Å². The first-order valence-electron chi connectivity index (χ1n) is 8.75. The van der Waals surface area contributed by atoms with Gasteiger partial charge in [0.2, 0.25) is 0 Å². The highest BCUT2D eigenvalue weighted by Gasteiger charge is 2.35. The number of hydrogen-bond acceptors (Lipinski definition) is 2. The first kappa shape index (κ1) is 19.0. The fourth-order valence-corrected chi connectivity index (χ4v) is 3.97. The molecule has 26 heavy (non-hydrogen) atoms. The summed E-state index contributed by atoms with van der Waals surface area (Å²) in [7, 11) is 0. The monoisotopic (exact) mass is 387 g/mol. The number of rotatable bonds is 2. The Bertz CT molecular complexity index is 836. The highest BCUT2D eigenvalue weighted by Crippen LogP contribution is 2.34. The topological polar surface area (TPSA) is 37.6 Å². The summed E-state index contributed by atoms with van der Waals surface area (Å²) in [5.74, 6) is -0.288. The zero-order valence-electron chi connectivity index (χ0n) is 14.9. The number of pyridine rings is 1. The number of aromatic nitrogens is 2. The Morgan fingerprint density at radius 1 is 1.31 bits per heavy atom. The summed E-state index contributed by atoms with van der Waals surface area (Å²) in [6.45, 7) is 5.76. The van der Waals surface area contributed by atoms with Crippen LogP contribution < -0.4 is 0 Å². The maximum atomic E-state index is 13.3. The number of imidazole rings is 1. The van der Waals surface area contributed by atoms with Crippen molar-refractivity contribution in [3.05, 3.63) is 34.2 Å². The van der Waals surface area contributed by atoms with E-state index in [1.54, 1.807) is 4.90 Å². The van der Waals surface area contributed by atoms with E-state index in [1.165, 1.54) is 4.40 Å². The van der Waals surface area contributed by atoms with Gasteiger partial charge in [-0.05, 0) is 45.6 Å². The Labute approximate surface area is 154 Å². The summed E-state index contributed by atoms with van der Waals surface area (Å²) in [4.78, 5) is 19.4. The number of alkyl halides is 3. The predicted octanol–water partition coefficient (Wildman–Crippen LogP) is 4.97. The number of carbonyl (C=O) groups excluding carboxylic acids is 1. The fourth-order valence-electron chi connectivity index (χ4n) is 3.72. The van der Waals surface area contributed by atoms with Crippen LogP contribution in [0.15, 0.2) is 12.3 Å². The van der Waals surface area contributed by atoms with E-state index >= 15 is 0 Å². The molecule has 3 rings (SSSR count). The first-order chi connectivity index (χ1) is 12.1. The van der Waals surface area contributed by atoms with Gasteiger partial charge < -0.3 is 4.90 Å². The Kier molecular flexibility index (Phi) is 4.94. The molecule has 1 aliphatic rings. The molecule has 0 saturated carbocycles. The number of halogens is 4. The van der Waals surface area contributed by atoms with E-state index < -0.39 is 11.7 Å². The predicted molar refractivity (Wildman–Crippen MR) is 93.5 cm³/mol. The van der Waals surface area contributed by atoms with E-state index in [-0.39, 0.29) is 34.4 Å². The molecule has 8 heteroatoms. The third kappa shape index (κ3) is 3.17. The van der Waals surface area contributed by atoms with Gasteiger partial charge in [-0.2, -0.15) is 13.2 Å². The van der Waals surface area contributed by atoms with Gasteiger partial charge in [0, 0.05) is 18.3 Å². The van der Waals surface area contributed by atoms with Gasteiger partial charge in [0.25, 0.3) is 5.91 Å². The molecule has 1 aliphatic heterocycles. The number of likely N-dealkylation sites (tertiary alicyclic amines) is 1. The lowest BCUT2D eigenvalue weighted by Gasteiger charge is -2.39. The maximum absolute atomic E-state index is 13.3. The molecule has 2 aromatic heterocycles. The van der Waals surface area contributed by atoms with Gasteiger partial charge in [-0.25, -0.2) is 4.98 Å². The molecule has 2 atom stereocenters. The number of aryl methyl sites for hydroxylation is 1. The summed E-state index contributed by atoms with van der Waals surface area (Å²) >= 11 is 6.05. The Hall–Kier alpha value is -1.76. The van der Waals surface area contributed by atoms with Crippen molar-refractivity contribution in [3.8, 4) is 0 Å². The zero-order chi connectivity index (χ0) is 19.2. The van der Waals surface area contributed by atoms with Crippen molar-refractivity contribution in [3.63, 3.8) is 0 Å². The summed E-state index contributed by atoms with van der Waals surface area (Å²) in [6, 6.07) is 0.912. The van der Waals surface area contributed by atoms with Crippen molar-refractivity contribution >= 4 is 23.2 Å². The van der Waals surface area contributed by atoms with Crippen LogP contribution in [0.25, 0.3) is 5.65 Å². The molecule has 0 aromatic carbocycles. The van der Waals surface area contributed by atoms with E-state index in [4.69, 9.17) is 11.6 Å². The smallest absolute Gasteiger partial charge is 0.332 e. The highest BCUT2D eigenvalue weighted by molar-refractivity contribution is 6.33. The third-order valence-corrected chi connectivity index (χ3v) is 5.32.